The summed E-state index contributed by atoms with van der Waals surface area (Å²) in [5, 5.41) is 3.08. The highest BCUT2D eigenvalue weighted by Crippen LogP contribution is 2.35. The topological polar surface area (TPSA) is 64.4 Å². The predicted molar refractivity (Wildman–Crippen MR) is 133 cm³/mol. The van der Waals surface area contributed by atoms with Gasteiger partial charge in [0.15, 0.2) is 5.16 Å². The summed E-state index contributed by atoms with van der Waals surface area (Å²) in [4.78, 5) is 34.6. The molecule has 1 aliphatic rings. The molecule has 0 aliphatic carbocycles. The number of fused-ring (bicyclic) bond motifs is 1. The van der Waals surface area contributed by atoms with E-state index in [1.807, 2.05) is 47.4 Å². The Balaban J connectivity index is 1.48. The highest BCUT2D eigenvalue weighted by Gasteiger charge is 2.30. The number of hydrogen-bond donors (Lipinski definition) is 0. The van der Waals surface area contributed by atoms with Crippen molar-refractivity contribution >= 4 is 39.9 Å². The molecule has 0 radical (unpaired) electrons. The van der Waals surface area contributed by atoms with Gasteiger partial charge in [0.1, 0.15) is 5.75 Å². The number of thiophene rings is 1. The van der Waals surface area contributed by atoms with Crippen molar-refractivity contribution in [2.75, 3.05) is 19.4 Å². The Bertz CT molecular complexity index is 1350. The highest BCUT2D eigenvalue weighted by atomic mass is 32.2. The largest absolute Gasteiger partial charge is 0.497 e. The van der Waals surface area contributed by atoms with E-state index < -0.39 is 0 Å². The molecule has 33 heavy (non-hydrogen) atoms. The molecule has 1 amide bonds. The molecule has 0 N–H and O–H groups in total. The van der Waals surface area contributed by atoms with E-state index in [4.69, 9.17) is 9.72 Å². The van der Waals surface area contributed by atoms with Gasteiger partial charge in [-0.05, 0) is 48.6 Å². The summed E-state index contributed by atoms with van der Waals surface area (Å²) in [6.07, 6.45) is 1.99. The molecule has 1 atom stereocenters. The summed E-state index contributed by atoms with van der Waals surface area (Å²) in [6.45, 7) is 0.760. The van der Waals surface area contributed by atoms with Crippen LogP contribution in [0.3, 0.4) is 0 Å². The van der Waals surface area contributed by atoms with Crippen LogP contribution in [-0.4, -0.2) is 39.8 Å². The van der Waals surface area contributed by atoms with Crippen molar-refractivity contribution in [2.24, 2.45) is 0 Å². The molecule has 0 saturated carbocycles. The first-order chi connectivity index (χ1) is 16.2. The molecule has 1 saturated heterocycles. The number of likely N-dealkylation sites (tertiary alicyclic amines) is 1. The molecular weight excluding hydrogens is 454 g/mol. The number of hydrogen-bond acceptors (Lipinski definition) is 6. The summed E-state index contributed by atoms with van der Waals surface area (Å²) < 4.78 is 6.93. The monoisotopic (exact) mass is 477 g/mol. The lowest BCUT2D eigenvalue weighted by atomic mass is 10.2. The van der Waals surface area contributed by atoms with E-state index in [2.05, 4.69) is 11.4 Å². The second kappa shape index (κ2) is 9.41. The zero-order valence-electron chi connectivity index (χ0n) is 18.1. The molecule has 1 unspecified atom stereocenters. The van der Waals surface area contributed by atoms with Crippen LogP contribution in [0.4, 0.5) is 0 Å². The summed E-state index contributed by atoms with van der Waals surface area (Å²) >= 11 is 2.99. The molecular formula is C25H23N3O3S2. The fraction of sp³-hybridized carbons (Fsp3) is 0.240. The van der Waals surface area contributed by atoms with Crippen LogP contribution in [0.15, 0.2) is 76.0 Å². The second-order valence-electron chi connectivity index (χ2n) is 7.80. The average Bonchev–Trinajstić information content (AvgIpc) is 3.54. The van der Waals surface area contributed by atoms with Gasteiger partial charge in [0.05, 0.1) is 35.5 Å². The molecule has 3 heterocycles. The Labute approximate surface area is 199 Å². The van der Waals surface area contributed by atoms with E-state index in [-0.39, 0.29) is 23.3 Å². The van der Waals surface area contributed by atoms with E-state index in [9.17, 15) is 9.59 Å². The van der Waals surface area contributed by atoms with Crippen LogP contribution >= 0.6 is 23.1 Å². The number of carbonyl (C=O) groups is 1. The lowest BCUT2D eigenvalue weighted by molar-refractivity contribution is -0.129. The maximum atomic E-state index is 13.4. The maximum absolute atomic E-state index is 13.4. The van der Waals surface area contributed by atoms with Crippen LogP contribution in [0.5, 0.6) is 5.75 Å². The van der Waals surface area contributed by atoms with Crippen LogP contribution in [0.2, 0.25) is 0 Å². The molecule has 5 rings (SSSR count). The Morgan fingerprint density at radius 3 is 2.88 bits per heavy atom. The molecule has 8 heteroatoms. The fourth-order valence-corrected chi connectivity index (χ4v) is 6.01. The van der Waals surface area contributed by atoms with Gasteiger partial charge in [-0.1, -0.05) is 36.0 Å². The zero-order valence-corrected chi connectivity index (χ0v) is 19.8. The Morgan fingerprint density at radius 1 is 1.18 bits per heavy atom. The van der Waals surface area contributed by atoms with Gasteiger partial charge in [-0.3, -0.25) is 14.2 Å². The van der Waals surface area contributed by atoms with Gasteiger partial charge < -0.3 is 9.64 Å². The summed E-state index contributed by atoms with van der Waals surface area (Å²) in [6, 6.07) is 18.9. The van der Waals surface area contributed by atoms with E-state index in [1.165, 1.54) is 16.6 Å². The van der Waals surface area contributed by atoms with Gasteiger partial charge >= 0.3 is 0 Å². The lowest BCUT2D eigenvalue weighted by Crippen LogP contribution is -2.32. The van der Waals surface area contributed by atoms with Crippen LogP contribution < -0.4 is 10.3 Å². The van der Waals surface area contributed by atoms with Gasteiger partial charge in [-0.2, -0.15) is 0 Å². The van der Waals surface area contributed by atoms with Crippen LogP contribution in [0, 0.1) is 0 Å². The number of amides is 1. The first-order valence-corrected chi connectivity index (χ1v) is 12.6. The zero-order chi connectivity index (χ0) is 22.8. The Kier molecular flexibility index (Phi) is 6.20. The number of aromatic nitrogens is 2. The van der Waals surface area contributed by atoms with Crippen molar-refractivity contribution in [2.45, 2.75) is 24.0 Å². The van der Waals surface area contributed by atoms with Gasteiger partial charge in [0.25, 0.3) is 5.56 Å². The van der Waals surface area contributed by atoms with Gasteiger partial charge in [0.2, 0.25) is 5.91 Å². The summed E-state index contributed by atoms with van der Waals surface area (Å²) in [5.74, 6) is 0.933. The average molecular weight is 478 g/mol. The van der Waals surface area contributed by atoms with Crippen LogP contribution in [0.25, 0.3) is 16.6 Å². The molecule has 2 aromatic heterocycles. The number of nitrogens with zero attached hydrogens (tertiary/aromatic N) is 3. The predicted octanol–water partition coefficient (Wildman–Crippen LogP) is 4.91. The molecule has 2 aromatic carbocycles. The molecule has 1 fully saturated rings. The van der Waals surface area contributed by atoms with E-state index >= 15 is 0 Å². The SMILES string of the molecule is COc1cccc(-n2c(SCC(=O)N3CCCC3c3cccs3)nc3ccccc3c2=O)c1. The number of rotatable bonds is 6. The Morgan fingerprint density at radius 2 is 2.06 bits per heavy atom. The number of carbonyl (C=O) groups excluding carboxylic acids is 1. The van der Waals surface area contributed by atoms with E-state index in [0.717, 1.165) is 19.4 Å². The summed E-state index contributed by atoms with van der Waals surface area (Å²) in [5.41, 5.74) is 1.11. The third kappa shape index (κ3) is 4.28. The van der Waals surface area contributed by atoms with Crippen molar-refractivity contribution in [3.05, 3.63) is 81.3 Å². The minimum atomic E-state index is -0.165. The number of para-hydroxylation sites is 1. The Hall–Kier alpha value is -3.10. The standard InChI is InChI=1S/C25H23N3O3S2/c1-31-18-8-4-7-17(15-18)28-24(30)19-9-2-3-10-20(19)26-25(28)33-16-23(29)27-13-5-11-21(27)22-12-6-14-32-22/h2-4,6-10,12,14-15,21H,5,11,13,16H2,1H3. The third-order valence-electron chi connectivity index (χ3n) is 5.83. The first kappa shape index (κ1) is 21.7. The highest BCUT2D eigenvalue weighted by molar-refractivity contribution is 7.99. The molecule has 1 aliphatic heterocycles. The normalized spacial score (nSPS) is 15.8. The molecule has 6 nitrogen and oxygen atoms in total. The van der Waals surface area contributed by atoms with E-state index in [1.54, 1.807) is 35.1 Å². The van der Waals surface area contributed by atoms with Crippen molar-refractivity contribution < 1.29 is 9.53 Å². The van der Waals surface area contributed by atoms with Crippen molar-refractivity contribution in [1.82, 2.24) is 14.5 Å². The first-order valence-electron chi connectivity index (χ1n) is 10.8. The second-order valence-corrected chi connectivity index (χ2v) is 9.72. The van der Waals surface area contributed by atoms with Gasteiger partial charge in [-0.25, -0.2) is 4.98 Å². The van der Waals surface area contributed by atoms with Gasteiger partial charge in [0, 0.05) is 17.5 Å². The van der Waals surface area contributed by atoms with Gasteiger partial charge in [-0.15, -0.1) is 11.3 Å². The minimum Gasteiger partial charge on any atom is -0.497 e. The molecule has 4 aromatic rings. The number of methoxy groups -OCH3 is 1. The number of thioether (sulfide) groups is 1. The van der Waals surface area contributed by atoms with Crippen molar-refractivity contribution in [3.63, 3.8) is 0 Å². The van der Waals surface area contributed by atoms with Crippen LogP contribution in [0.1, 0.15) is 23.8 Å². The summed E-state index contributed by atoms with van der Waals surface area (Å²) in [7, 11) is 1.59. The van der Waals surface area contributed by atoms with Crippen LogP contribution in [-0.2, 0) is 4.79 Å². The van der Waals surface area contributed by atoms with E-state index in [0.29, 0.717) is 27.5 Å². The van der Waals surface area contributed by atoms with Crippen molar-refractivity contribution in [3.8, 4) is 11.4 Å². The fourth-order valence-electron chi connectivity index (χ4n) is 4.24. The van der Waals surface area contributed by atoms with Crippen molar-refractivity contribution in [1.29, 1.82) is 0 Å². The quantitative estimate of drug-likeness (QED) is 0.292. The minimum absolute atomic E-state index is 0.0653. The molecule has 0 spiro atoms. The number of ether oxygens (including phenoxy) is 1. The smallest absolute Gasteiger partial charge is 0.266 e. The third-order valence-corrected chi connectivity index (χ3v) is 7.72. The number of benzene rings is 2. The molecule has 0 bridgehead atoms. The molecule has 168 valence electrons. The lowest BCUT2D eigenvalue weighted by Gasteiger charge is -2.24. The maximum Gasteiger partial charge on any atom is 0.266 e.